The van der Waals surface area contributed by atoms with Crippen molar-refractivity contribution in [3.63, 3.8) is 0 Å². The first-order chi connectivity index (χ1) is 7.77. The fourth-order valence-electron chi connectivity index (χ4n) is 1.69. The lowest BCUT2D eigenvalue weighted by molar-refractivity contribution is 0.488. The van der Waals surface area contributed by atoms with Crippen molar-refractivity contribution < 1.29 is 0 Å². The predicted molar refractivity (Wildman–Crippen MR) is 70.4 cm³/mol. The van der Waals surface area contributed by atoms with Crippen LogP contribution in [-0.4, -0.2) is 18.1 Å². The van der Waals surface area contributed by atoms with Crippen LogP contribution in [0.15, 0.2) is 30.3 Å². The summed E-state index contributed by atoms with van der Waals surface area (Å²) in [6, 6.07) is 13.0. The Morgan fingerprint density at radius 3 is 2.62 bits per heavy atom. The van der Waals surface area contributed by atoms with Gasteiger partial charge in [0.25, 0.3) is 0 Å². The van der Waals surface area contributed by atoms with Gasteiger partial charge in [-0.3, -0.25) is 0 Å². The van der Waals surface area contributed by atoms with Gasteiger partial charge in [-0.15, -0.1) is 0 Å². The summed E-state index contributed by atoms with van der Waals surface area (Å²) in [5, 5.41) is 12.3. The van der Waals surface area contributed by atoms with Crippen molar-refractivity contribution in [1.82, 2.24) is 5.32 Å². The molecule has 16 heavy (non-hydrogen) atoms. The van der Waals surface area contributed by atoms with Gasteiger partial charge in [0.1, 0.15) is 0 Å². The fourth-order valence-corrected chi connectivity index (χ4v) is 2.29. The largest absolute Gasteiger partial charge is 0.306 e. The lowest BCUT2D eigenvalue weighted by Crippen LogP contribution is -2.32. The molecule has 0 aliphatic rings. The Bertz CT molecular complexity index is 332. The zero-order chi connectivity index (χ0) is 11.8. The zero-order valence-corrected chi connectivity index (χ0v) is 10.6. The molecule has 2 unspecified atom stereocenters. The standard InChI is InChI=1S/C13H18N2S/c1-11(10-16-2)15-13(8-9-14)12-6-4-3-5-7-12/h3-7,11,13,15H,8,10H2,1-2H3. The zero-order valence-electron chi connectivity index (χ0n) is 9.81. The maximum atomic E-state index is 8.85. The van der Waals surface area contributed by atoms with E-state index in [0.717, 1.165) is 5.75 Å². The molecule has 3 heteroatoms. The third-order valence-electron chi connectivity index (χ3n) is 2.40. The van der Waals surface area contributed by atoms with Crippen molar-refractivity contribution in [3.05, 3.63) is 35.9 Å². The number of nitrogens with one attached hydrogen (secondary N) is 1. The Balaban J connectivity index is 2.65. The van der Waals surface area contributed by atoms with Crippen molar-refractivity contribution in [1.29, 1.82) is 5.26 Å². The highest BCUT2D eigenvalue weighted by Crippen LogP contribution is 2.17. The molecular formula is C13H18N2S. The average molecular weight is 234 g/mol. The van der Waals surface area contributed by atoms with Gasteiger partial charge >= 0.3 is 0 Å². The molecular weight excluding hydrogens is 216 g/mol. The number of hydrogen-bond donors (Lipinski definition) is 1. The first-order valence-electron chi connectivity index (χ1n) is 5.44. The van der Waals surface area contributed by atoms with E-state index in [0.29, 0.717) is 12.5 Å². The number of hydrogen-bond acceptors (Lipinski definition) is 3. The van der Waals surface area contributed by atoms with E-state index in [1.165, 1.54) is 5.56 Å². The summed E-state index contributed by atoms with van der Waals surface area (Å²) in [7, 11) is 0. The summed E-state index contributed by atoms with van der Waals surface area (Å²) in [6.07, 6.45) is 2.61. The van der Waals surface area contributed by atoms with Gasteiger partial charge in [0.15, 0.2) is 0 Å². The molecule has 0 saturated carbocycles. The summed E-state index contributed by atoms with van der Waals surface area (Å²) in [6.45, 7) is 2.16. The van der Waals surface area contributed by atoms with Crippen molar-refractivity contribution in [2.75, 3.05) is 12.0 Å². The first-order valence-corrected chi connectivity index (χ1v) is 6.84. The van der Waals surface area contributed by atoms with Gasteiger partial charge in [-0.2, -0.15) is 17.0 Å². The quantitative estimate of drug-likeness (QED) is 0.822. The van der Waals surface area contributed by atoms with E-state index >= 15 is 0 Å². The van der Waals surface area contributed by atoms with Crippen LogP contribution in [0.5, 0.6) is 0 Å². The summed E-state index contributed by atoms with van der Waals surface area (Å²) >= 11 is 1.82. The molecule has 0 bridgehead atoms. The van der Waals surface area contributed by atoms with Crippen LogP contribution in [0.25, 0.3) is 0 Å². The normalized spacial score (nSPS) is 14.1. The van der Waals surface area contributed by atoms with Crippen LogP contribution >= 0.6 is 11.8 Å². The molecule has 0 amide bonds. The Kier molecular flexibility index (Phi) is 5.99. The molecule has 0 fully saturated rings. The molecule has 1 aromatic rings. The minimum atomic E-state index is 0.147. The highest BCUT2D eigenvalue weighted by Gasteiger charge is 2.13. The maximum Gasteiger partial charge on any atom is 0.0641 e. The lowest BCUT2D eigenvalue weighted by atomic mass is 10.0. The summed E-state index contributed by atoms with van der Waals surface area (Å²) in [5.41, 5.74) is 1.19. The Morgan fingerprint density at radius 2 is 2.06 bits per heavy atom. The second-order valence-electron chi connectivity index (χ2n) is 3.85. The molecule has 86 valence electrons. The molecule has 0 spiro atoms. The van der Waals surface area contributed by atoms with Crippen LogP contribution in [0.3, 0.4) is 0 Å². The molecule has 0 aliphatic carbocycles. The average Bonchev–Trinajstić information content (AvgIpc) is 2.30. The second kappa shape index (κ2) is 7.32. The molecule has 0 aromatic heterocycles. The predicted octanol–water partition coefficient (Wildman–Crippen LogP) is 2.98. The van der Waals surface area contributed by atoms with Crippen LogP contribution in [0.2, 0.25) is 0 Å². The first kappa shape index (κ1) is 13.1. The van der Waals surface area contributed by atoms with Gasteiger partial charge in [-0.05, 0) is 18.7 Å². The maximum absolute atomic E-state index is 8.85. The van der Waals surface area contributed by atoms with Crippen LogP contribution in [0, 0.1) is 11.3 Å². The number of nitrogens with zero attached hydrogens (tertiary/aromatic N) is 1. The Labute approximate surface area is 102 Å². The second-order valence-corrected chi connectivity index (χ2v) is 4.76. The highest BCUT2D eigenvalue weighted by atomic mass is 32.2. The van der Waals surface area contributed by atoms with Crippen molar-refractivity contribution in [2.24, 2.45) is 0 Å². The number of thioether (sulfide) groups is 1. The molecule has 0 radical (unpaired) electrons. The molecule has 2 atom stereocenters. The van der Waals surface area contributed by atoms with Crippen molar-refractivity contribution in [2.45, 2.75) is 25.4 Å². The fraction of sp³-hybridized carbons (Fsp3) is 0.462. The summed E-state index contributed by atoms with van der Waals surface area (Å²) in [5.74, 6) is 1.06. The monoisotopic (exact) mass is 234 g/mol. The van der Waals surface area contributed by atoms with E-state index in [9.17, 15) is 0 Å². The van der Waals surface area contributed by atoms with Crippen molar-refractivity contribution >= 4 is 11.8 Å². The smallest absolute Gasteiger partial charge is 0.0641 e. The van der Waals surface area contributed by atoms with Crippen molar-refractivity contribution in [3.8, 4) is 6.07 Å². The van der Waals surface area contributed by atoms with E-state index < -0.39 is 0 Å². The van der Waals surface area contributed by atoms with Gasteiger partial charge in [0.2, 0.25) is 0 Å². The van der Waals surface area contributed by atoms with E-state index in [4.69, 9.17) is 5.26 Å². The van der Waals surface area contributed by atoms with Crippen LogP contribution in [0.4, 0.5) is 0 Å². The number of rotatable bonds is 6. The molecule has 1 N–H and O–H groups in total. The number of nitriles is 1. The summed E-state index contributed by atoms with van der Waals surface area (Å²) < 4.78 is 0. The van der Waals surface area contributed by atoms with Gasteiger partial charge in [-0.25, -0.2) is 0 Å². The lowest BCUT2D eigenvalue weighted by Gasteiger charge is -2.21. The van der Waals surface area contributed by atoms with E-state index in [2.05, 4.69) is 36.7 Å². The SMILES string of the molecule is CSCC(C)NC(CC#N)c1ccccc1. The third-order valence-corrected chi connectivity index (χ3v) is 3.23. The highest BCUT2D eigenvalue weighted by molar-refractivity contribution is 7.98. The van der Waals surface area contributed by atoms with E-state index in [-0.39, 0.29) is 6.04 Å². The van der Waals surface area contributed by atoms with Gasteiger partial charge in [0, 0.05) is 17.8 Å². The van der Waals surface area contributed by atoms with E-state index in [1.807, 2.05) is 30.0 Å². The molecule has 0 aliphatic heterocycles. The van der Waals surface area contributed by atoms with Gasteiger partial charge in [-0.1, -0.05) is 30.3 Å². The van der Waals surface area contributed by atoms with Crippen LogP contribution in [-0.2, 0) is 0 Å². The summed E-state index contributed by atoms with van der Waals surface area (Å²) in [4.78, 5) is 0. The van der Waals surface area contributed by atoms with Gasteiger partial charge in [0.05, 0.1) is 12.5 Å². The molecule has 0 heterocycles. The van der Waals surface area contributed by atoms with E-state index in [1.54, 1.807) is 0 Å². The topological polar surface area (TPSA) is 35.8 Å². The molecule has 1 rings (SSSR count). The third kappa shape index (κ3) is 4.26. The Hall–Kier alpha value is -0.980. The molecule has 0 saturated heterocycles. The number of benzene rings is 1. The Morgan fingerprint density at radius 1 is 1.38 bits per heavy atom. The van der Waals surface area contributed by atoms with Crippen LogP contribution in [0.1, 0.15) is 24.9 Å². The minimum Gasteiger partial charge on any atom is -0.306 e. The van der Waals surface area contributed by atoms with Gasteiger partial charge < -0.3 is 5.32 Å². The molecule has 2 nitrogen and oxygen atoms in total. The molecule has 1 aromatic carbocycles. The van der Waals surface area contributed by atoms with Crippen LogP contribution < -0.4 is 5.32 Å². The minimum absolute atomic E-state index is 0.147.